The quantitative estimate of drug-likeness (QED) is 0.874. The van der Waals surface area contributed by atoms with Crippen LogP contribution in [-0.4, -0.2) is 31.9 Å². The van der Waals surface area contributed by atoms with E-state index < -0.39 is 0 Å². The van der Waals surface area contributed by atoms with Crippen LogP contribution in [0.4, 0.5) is 0 Å². The number of nitrogens with one attached hydrogen (secondary N) is 1. The lowest BCUT2D eigenvalue weighted by molar-refractivity contribution is 0.315. The van der Waals surface area contributed by atoms with Crippen molar-refractivity contribution in [3.05, 3.63) is 24.9 Å². The molecule has 0 spiro atoms. The van der Waals surface area contributed by atoms with Gasteiger partial charge in [-0.3, -0.25) is 4.68 Å². The van der Waals surface area contributed by atoms with Crippen LogP contribution < -0.4 is 5.32 Å². The summed E-state index contributed by atoms with van der Waals surface area (Å²) in [5.41, 5.74) is 2.31. The van der Waals surface area contributed by atoms with Crippen molar-refractivity contribution in [1.29, 1.82) is 0 Å². The Balaban J connectivity index is 1.91. The summed E-state index contributed by atoms with van der Waals surface area (Å²) in [6.07, 6.45) is 10.1. The van der Waals surface area contributed by atoms with Gasteiger partial charge in [-0.15, -0.1) is 0 Å². The van der Waals surface area contributed by atoms with Crippen LogP contribution in [0.1, 0.15) is 25.8 Å². The summed E-state index contributed by atoms with van der Waals surface area (Å²) in [6.45, 7) is 3.32. The van der Waals surface area contributed by atoms with Gasteiger partial charge in [-0.2, -0.15) is 5.10 Å². The maximum Gasteiger partial charge on any atom is 0.0953 e. The van der Waals surface area contributed by atoms with Gasteiger partial charge in [0, 0.05) is 30.9 Å². The molecule has 3 rings (SSSR count). The molecule has 2 aromatic rings. The highest BCUT2D eigenvalue weighted by Crippen LogP contribution is 2.28. The normalized spacial score (nSPS) is 24.3. The number of nitrogens with zero attached hydrogens (tertiary/aromatic N) is 4. The fourth-order valence-electron chi connectivity index (χ4n) is 2.73. The Bertz CT molecular complexity index is 527. The average Bonchev–Trinajstić information content (AvgIpc) is 2.96. The highest BCUT2D eigenvalue weighted by Gasteiger charge is 2.22. The number of piperidine rings is 1. The van der Waals surface area contributed by atoms with Crippen LogP contribution in [0.2, 0.25) is 0 Å². The zero-order chi connectivity index (χ0) is 12.5. The third-order valence-corrected chi connectivity index (χ3v) is 3.66. The van der Waals surface area contributed by atoms with E-state index in [1.807, 2.05) is 36.6 Å². The Morgan fingerprint density at radius 2 is 2.28 bits per heavy atom. The number of aryl methyl sites for hydroxylation is 1. The van der Waals surface area contributed by atoms with Crippen molar-refractivity contribution in [3.63, 3.8) is 0 Å². The molecule has 0 bridgehead atoms. The zero-order valence-electron chi connectivity index (χ0n) is 10.9. The fourth-order valence-corrected chi connectivity index (χ4v) is 2.73. The Morgan fingerprint density at radius 1 is 1.39 bits per heavy atom. The summed E-state index contributed by atoms with van der Waals surface area (Å²) in [5.74, 6) is 0. The molecule has 3 heterocycles. The van der Waals surface area contributed by atoms with Crippen LogP contribution in [0.5, 0.6) is 0 Å². The average molecular weight is 245 g/mol. The third-order valence-electron chi connectivity index (χ3n) is 3.66. The van der Waals surface area contributed by atoms with Crippen LogP contribution in [0.15, 0.2) is 24.9 Å². The van der Waals surface area contributed by atoms with E-state index in [-0.39, 0.29) is 0 Å². The molecule has 18 heavy (non-hydrogen) atoms. The summed E-state index contributed by atoms with van der Waals surface area (Å²) in [6, 6.07) is 1.12. The van der Waals surface area contributed by atoms with Gasteiger partial charge in [0.1, 0.15) is 0 Å². The molecule has 2 unspecified atom stereocenters. The van der Waals surface area contributed by atoms with Gasteiger partial charge in [0.2, 0.25) is 0 Å². The van der Waals surface area contributed by atoms with Crippen molar-refractivity contribution in [2.45, 2.75) is 31.8 Å². The van der Waals surface area contributed by atoms with Gasteiger partial charge in [-0.05, 0) is 26.3 Å². The first-order valence-corrected chi connectivity index (χ1v) is 6.48. The molecule has 1 aliphatic heterocycles. The second kappa shape index (κ2) is 4.57. The van der Waals surface area contributed by atoms with Gasteiger partial charge in [0.05, 0.1) is 24.4 Å². The fraction of sp³-hybridized carbons (Fsp3) is 0.538. The van der Waals surface area contributed by atoms with Gasteiger partial charge in [0.15, 0.2) is 0 Å². The molecule has 0 aromatic carbocycles. The molecule has 2 atom stereocenters. The van der Waals surface area contributed by atoms with Gasteiger partial charge in [-0.1, -0.05) is 0 Å². The topological polar surface area (TPSA) is 47.7 Å². The van der Waals surface area contributed by atoms with Crippen molar-refractivity contribution >= 4 is 0 Å². The molecule has 1 aliphatic rings. The SMILES string of the molecule is CC1CC(n2cncc2-c2cnn(C)c2)CCN1. The highest BCUT2D eigenvalue weighted by molar-refractivity contribution is 5.56. The van der Waals surface area contributed by atoms with Gasteiger partial charge in [-0.25, -0.2) is 4.98 Å². The molecule has 1 fully saturated rings. The van der Waals surface area contributed by atoms with Crippen LogP contribution >= 0.6 is 0 Å². The first-order valence-electron chi connectivity index (χ1n) is 6.48. The third kappa shape index (κ3) is 2.06. The van der Waals surface area contributed by atoms with E-state index in [0.29, 0.717) is 12.1 Å². The van der Waals surface area contributed by atoms with E-state index in [1.165, 1.54) is 5.69 Å². The number of rotatable bonds is 2. The first-order chi connectivity index (χ1) is 8.74. The van der Waals surface area contributed by atoms with E-state index in [4.69, 9.17) is 0 Å². The standard InChI is InChI=1S/C13H19N5/c1-10-5-12(3-4-15-10)18-9-14-7-13(18)11-6-16-17(2)8-11/h6-10,12,15H,3-5H2,1-2H3. The number of hydrogen-bond acceptors (Lipinski definition) is 3. The second-order valence-electron chi connectivity index (χ2n) is 5.12. The lowest BCUT2D eigenvalue weighted by atomic mass is 10.00. The van der Waals surface area contributed by atoms with Crippen LogP contribution in [0.25, 0.3) is 11.3 Å². The molecule has 5 nitrogen and oxygen atoms in total. The molecule has 5 heteroatoms. The summed E-state index contributed by atoms with van der Waals surface area (Å²) < 4.78 is 4.13. The minimum absolute atomic E-state index is 0.541. The van der Waals surface area contributed by atoms with E-state index in [9.17, 15) is 0 Å². The second-order valence-corrected chi connectivity index (χ2v) is 5.12. The smallest absolute Gasteiger partial charge is 0.0953 e. The van der Waals surface area contributed by atoms with E-state index in [2.05, 4.69) is 26.9 Å². The lowest BCUT2D eigenvalue weighted by Crippen LogP contribution is -2.36. The van der Waals surface area contributed by atoms with Gasteiger partial charge < -0.3 is 9.88 Å². The molecule has 96 valence electrons. The Labute approximate surface area is 107 Å². The minimum Gasteiger partial charge on any atom is -0.327 e. The van der Waals surface area contributed by atoms with Crippen LogP contribution in [-0.2, 0) is 7.05 Å². The van der Waals surface area contributed by atoms with Crippen LogP contribution in [0.3, 0.4) is 0 Å². The maximum atomic E-state index is 4.31. The molecule has 1 N–H and O–H groups in total. The molecular formula is C13H19N5. The largest absolute Gasteiger partial charge is 0.327 e. The summed E-state index contributed by atoms with van der Waals surface area (Å²) in [4.78, 5) is 4.31. The molecule has 0 saturated carbocycles. The predicted octanol–water partition coefficient (Wildman–Crippen LogP) is 1.60. The summed E-state index contributed by atoms with van der Waals surface area (Å²) in [7, 11) is 1.94. The zero-order valence-corrected chi connectivity index (χ0v) is 10.9. The van der Waals surface area contributed by atoms with Crippen molar-refractivity contribution in [2.24, 2.45) is 7.05 Å². The van der Waals surface area contributed by atoms with Gasteiger partial charge >= 0.3 is 0 Å². The molecule has 0 amide bonds. The van der Waals surface area contributed by atoms with Crippen molar-refractivity contribution in [2.75, 3.05) is 6.54 Å². The van der Waals surface area contributed by atoms with E-state index in [1.54, 1.807) is 0 Å². The van der Waals surface area contributed by atoms with Crippen molar-refractivity contribution in [3.8, 4) is 11.3 Å². The minimum atomic E-state index is 0.541. The monoisotopic (exact) mass is 245 g/mol. The lowest BCUT2D eigenvalue weighted by Gasteiger charge is -2.29. The first kappa shape index (κ1) is 11.5. The molecule has 0 radical (unpaired) electrons. The van der Waals surface area contributed by atoms with E-state index in [0.717, 1.165) is 24.9 Å². The maximum absolute atomic E-state index is 4.31. The Kier molecular flexibility index (Phi) is 2.91. The molecule has 1 saturated heterocycles. The molecule has 2 aromatic heterocycles. The van der Waals surface area contributed by atoms with Crippen LogP contribution in [0, 0.1) is 0 Å². The van der Waals surface area contributed by atoms with Gasteiger partial charge in [0.25, 0.3) is 0 Å². The number of hydrogen-bond donors (Lipinski definition) is 1. The molecular weight excluding hydrogens is 226 g/mol. The summed E-state index contributed by atoms with van der Waals surface area (Å²) >= 11 is 0. The number of imidazole rings is 1. The Morgan fingerprint density at radius 3 is 3.00 bits per heavy atom. The summed E-state index contributed by atoms with van der Waals surface area (Å²) in [5, 5.41) is 7.72. The van der Waals surface area contributed by atoms with E-state index >= 15 is 0 Å². The Hall–Kier alpha value is -1.62. The molecule has 0 aliphatic carbocycles. The predicted molar refractivity (Wildman–Crippen MR) is 70.2 cm³/mol. The van der Waals surface area contributed by atoms with Crippen molar-refractivity contribution in [1.82, 2.24) is 24.6 Å². The number of aromatic nitrogens is 4. The highest BCUT2D eigenvalue weighted by atomic mass is 15.2. The van der Waals surface area contributed by atoms with Crippen molar-refractivity contribution < 1.29 is 0 Å².